The molecule has 2 N–H and O–H groups in total. The van der Waals surface area contributed by atoms with Crippen LogP contribution in [-0.2, 0) is 0 Å². The van der Waals surface area contributed by atoms with Crippen molar-refractivity contribution in [1.29, 1.82) is 0 Å². The van der Waals surface area contributed by atoms with Gasteiger partial charge in [0.15, 0.2) is 0 Å². The van der Waals surface area contributed by atoms with Crippen molar-refractivity contribution < 1.29 is 0 Å². The lowest BCUT2D eigenvalue weighted by Gasteiger charge is -2.37. The SMILES string of the molecule is Cc1cc(N2CCCCC2CN)ccn1. The van der Waals surface area contributed by atoms with Crippen LogP contribution in [0.5, 0.6) is 0 Å². The van der Waals surface area contributed by atoms with Gasteiger partial charge in [0.25, 0.3) is 0 Å². The molecule has 0 bridgehead atoms. The third-order valence-electron chi connectivity index (χ3n) is 3.11. The van der Waals surface area contributed by atoms with Crippen molar-refractivity contribution in [3.8, 4) is 0 Å². The van der Waals surface area contributed by atoms with E-state index in [4.69, 9.17) is 5.73 Å². The van der Waals surface area contributed by atoms with Crippen LogP contribution in [0.1, 0.15) is 25.0 Å². The van der Waals surface area contributed by atoms with Crippen molar-refractivity contribution in [2.75, 3.05) is 18.0 Å². The lowest BCUT2D eigenvalue weighted by atomic mass is 10.0. The number of hydrogen-bond acceptors (Lipinski definition) is 3. The molecule has 0 spiro atoms. The van der Waals surface area contributed by atoms with Gasteiger partial charge in [0, 0.05) is 36.7 Å². The molecule has 1 aromatic rings. The highest BCUT2D eigenvalue weighted by molar-refractivity contribution is 5.47. The van der Waals surface area contributed by atoms with E-state index in [1.165, 1.54) is 24.9 Å². The van der Waals surface area contributed by atoms with Crippen molar-refractivity contribution in [3.05, 3.63) is 24.0 Å². The minimum atomic E-state index is 0.514. The Kier molecular flexibility index (Phi) is 3.21. The third-order valence-corrected chi connectivity index (χ3v) is 3.11. The van der Waals surface area contributed by atoms with Crippen LogP contribution in [0.4, 0.5) is 5.69 Å². The molecule has 1 aliphatic rings. The fourth-order valence-corrected chi connectivity index (χ4v) is 2.29. The summed E-state index contributed by atoms with van der Waals surface area (Å²) in [6.07, 6.45) is 5.69. The summed E-state index contributed by atoms with van der Waals surface area (Å²) in [6, 6.07) is 4.75. The second kappa shape index (κ2) is 4.62. The first-order valence-electron chi connectivity index (χ1n) is 5.70. The predicted molar refractivity (Wildman–Crippen MR) is 63.0 cm³/mol. The molecule has 0 aromatic carbocycles. The van der Waals surface area contributed by atoms with Gasteiger partial charge in [0.1, 0.15) is 0 Å². The van der Waals surface area contributed by atoms with Gasteiger partial charge in [-0.05, 0) is 38.3 Å². The Hall–Kier alpha value is -1.09. The molecule has 0 amide bonds. The second-order valence-electron chi connectivity index (χ2n) is 4.23. The number of nitrogens with zero attached hydrogens (tertiary/aromatic N) is 2. The predicted octanol–water partition coefficient (Wildman–Crippen LogP) is 1.71. The van der Waals surface area contributed by atoms with Gasteiger partial charge in [-0.25, -0.2) is 0 Å². The molecule has 0 radical (unpaired) electrons. The van der Waals surface area contributed by atoms with E-state index >= 15 is 0 Å². The van der Waals surface area contributed by atoms with Gasteiger partial charge in [-0.2, -0.15) is 0 Å². The maximum absolute atomic E-state index is 5.81. The van der Waals surface area contributed by atoms with Crippen LogP contribution < -0.4 is 10.6 Å². The Bertz CT molecular complexity index is 324. The van der Waals surface area contributed by atoms with Crippen LogP contribution in [0.25, 0.3) is 0 Å². The standard InChI is InChI=1S/C12H19N3/c1-10-8-11(5-6-14-10)15-7-3-2-4-12(15)9-13/h5-6,8,12H,2-4,7,9,13H2,1H3. The van der Waals surface area contributed by atoms with E-state index in [2.05, 4.69) is 22.0 Å². The van der Waals surface area contributed by atoms with E-state index in [9.17, 15) is 0 Å². The first-order valence-corrected chi connectivity index (χ1v) is 5.70. The van der Waals surface area contributed by atoms with E-state index in [1.807, 2.05) is 13.1 Å². The normalized spacial score (nSPS) is 21.7. The smallest absolute Gasteiger partial charge is 0.0412 e. The molecule has 0 saturated carbocycles. The minimum Gasteiger partial charge on any atom is -0.367 e. The molecular formula is C12H19N3. The maximum atomic E-state index is 5.81. The Balaban J connectivity index is 2.20. The van der Waals surface area contributed by atoms with Crippen LogP contribution in [0.15, 0.2) is 18.3 Å². The lowest BCUT2D eigenvalue weighted by molar-refractivity contribution is 0.465. The number of anilines is 1. The molecule has 1 unspecified atom stereocenters. The summed E-state index contributed by atoms with van der Waals surface area (Å²) in [5, 5.41) is 0. The number of pyridine rings is 1. The van der Waals surface area contributed by atoms with Gasteiger partial charge in [-0.1, -0.05) is 0 Å². The highest BCUT2D eigenvalue weighted by Crippen LogP contribution is 2.24. The van der Waals surface area contributed by atoms with E-state index < -0.39 is 0 Å². The molecule has 15 heavy (non-hydrogen) atoms. The molecule has 3 heteroatoms. The average molecular weight is 205 g/mol. The van der Waals surface area contributed by atoms with E-state index in [-0.39, 0.29) is 0 Å². The molecular weight excluding hydrogens is 186 g/mol. The zero-order valence-electron chi connectivity index (χ0n) is 9.32. The van der Waals surface area contributed by atoms with Gasteiger partial charge in [0.2, 0.25) is 0 Å². The highest BCUT2D eigenvalue weighted by atomic mass is 15.2. The fourth-order valence-electron chi connectivity index (χ4n) is 2.29. The Morgan fingerprint density at radius 1 is 1.53 bits per heavy atom. The largest absolute Gasteiger partial charge is 0.367 e. The van der Waals surface area contributed by atoms with Gasteiger partial charge in [0.05, 0.1) is 0 Å². The maximum Gasteiger partial charge on any atom is 0.0412 e. The first-order chi connectivity index (χ1) is 7.31. The number of piperidine rings is 1. The Morgan fingerprint density at radius 2 is 2.40 bits per heavy atom. The number of hydrogen-bond donors (Lipinski definition) is 1. The summed E-state index contributed by atoms with van der Waals surface area (Å²) in [5.41, 5.74) is 8.16. The summed E-state index contributed by atoms with van der Waals surface area (Å²) in [4.78, 5) is 6.66. The summed E-state index contributed by atoms with van der Waals surface area (Å²) in [5.74, 6) is 0. The molecule has 1 atom stereocenters. The van der Waals surface area contributed by atoms with Crippen molar-refractivity contribution >= 4 is 5.69 Å². The number of nitrogens with two attached hydrogens (primary N) is 1. The van der Waals surface area contributed by atoms with E-state index in [1.54, 1.807) is 0 Å². The van der Waals surface area contributed by atoms with Crippen LogP contribution in [0, 0.1) is 6.92 Å². The molecule has 0 aliphatic carbocycles. The lowest BCUT2D eigenvalue weighted by Crippen LogP contribution is -2.44. The summed E-state index contributed by atoms with van der Waals surface area (Å²) >= 11 is 0. The van der Waals surface area contributed by atoms with Crippen LogP contribution in [0.2, 0.25) is 0 Å². The Labute approximate surface area is 91.3 Å². The molecule has 1 aromatic heterocycles. The van der Waals surface area contributed by atoms with Gasteiger partial charge in [-0.3, -0.25) is 4.98 Å². The number of aromatic nitrogens is 1. The molecule has 82 valence electrons. The average Bonchev–Trinajstić information content (AvgIpc) is 2.29. The van der Waals surface area contributed by atoms with Crippen molar-refractivity contribution in [2.24, 2.45) is 5.73 Å². The molecule has 1 aliphatic heterocycles. The molecule has 2 heterocycles. The molecule has 2 rings (SSSR count). The topological polar surface area (TPSA) is 42.1 Å². The van der Waals surface area contributed by atoms with E-state index in [0.717, 1.165) is 18.8 Å². The Morgan fingerprint density at radius 3 is 3.13 bits per heavy atom. The molecule has 3 nitrogen and oxygen atoms in total. The zero-order chi connectivity index (χ0) is 10.7. The van der Waals surface area contributed by atoms with Gasteiger partial charge in [-0.15, -0.1) is 0 Å². The summed E-state index contributed by atoms with van der Waals surface area (Å²) in [7, 11) is 0. The molecule has 1 saturated heterocycles. The van der Waals surface area contributed by atoms with Gasteiger partial charge >= 0.3 is 0 Å². The summed E-state index contributed by atoms with van der Waals surface area (Å²) in [6.45, 7) is 3.91. The second-order valence-corrected chi connectivity index (χ2v) is 4.23. The first kappa shape index (κ1) is 10.4. The number of rotatable bonds is 2. The van der Waals surface area contributed by atoms with Crippen LogP contribution in [-0.4, -0.2) is 24.1 Å². The van der Waals surface area contributed by atoms with E-state index in [0.29, 0.717) is 6.04 Å². The van der Waals surface area contributed by atoms with Crippen LogP contribution >= 0.6 is 0 Å². The summed E-state index contributed by atoms with van der Waals surface area (Å²) < 4.78 is 0. The van der Waals surface area contributed by atoms with Crippen molar-refractivity contribution in [2.45, 2.75) is 32.2 Å². The quantitative estimate of drug-likeness (QED) is 0.799. The number of aryl methyl sites for hydroxylation is 1. The fraction of sp³-hybridized carbons (Fsp3) is 0.583. The monoisotopic (exact) mass is 205 g/mol. The third kappa shape index (κ3) is 2.29. The minimum absolute atomic E-state index is 0.514. The highest BCUT2D eigenvalue weighted by Gasteiger charge is 2.21. The van der Waals surface area contributed by atoms with Crippen molar-refractivity contribution in [1.82, 2.24) is 4.98 Å². The zero-order valence-corrected chi connectivity index (χ0v) is 9.32. The van der Waals surface area contributed by atoms with Crippen LogP contribution in [0.3, 0.4) is 0 Å². The molecule has 1 fully saturated rings. The van der Waals surface area contributed by atoms with Gasteiger partial charge < -0.3 is 10.6 Å². The van der Waals surface area contributed by atoms with Crippen molar-refractivity contribution in [3.63, 3.8) is 0 Å².